The number of hydrogen-bond donors (Lipinski definition) is 0. The van der Waals surface area contributed by atoms with E-state index < -0.39 is 0 Å². The van der Waals surface area contributed by atoms with Gasteiger partial charge in [0.1, 0.15) is 6.33 Å². The molecule has 3 aromatic rings. The Morgan fingerprint density at radius 3 is 2.80 bits per heavy atom. The largest absolute Gasteiger partial charge is 0.319 e. The predicted octanol–water partition coefficient (Wildman–Crippen LogP) is 1.79. The summed E-state index contributed by atoms with van der Waals surface area (Å²) in [5.41, 5.74) is 0.464. The molecule has 0 aliphatic rings. The van der Waals surface area contributed by atoms with Crippen molar-refractivity contribution in [2.75, 3.05) is 0 Å². The van der Waals surface area contributed by atoms with Crippen molar-refractivity contribution >= 4 is 22.5 Å². The summed E-state index contributed by atoms with van der Waals surface area (Å²) < 4.78 is 3.32. The van der Waals surface area contributed by atoms with E-state index in [-0.39, 0.29) is 11.6 Å². The first kappa shape index (κ1) is 12.8. The van der Waals surface area contributed by atoms with E-state index in [9.17, 15) is 4.79 Å². The van der Waals surface area contributed by atoms with Gasteiger partial charge in [-0.2, -0.15) is 0 Å². The van der Waals surface area contributed by atoms with Crippen molar-refractivity contribution < 1.29 is 0 Å². The van der Waals surface area contributed by atoms with E-state index in [1.54, 1.807) is 33.7 Å². The normalized spacial score (nSPS) is 12.8. The van der Waals surface area contributed by atoms with Crippen LogP contribution >= 0.6 is 11.6 Å². The predicted molar refractivity (Wildman–Crippen MR) is 75.8 cm³/mol. The molecule has 7 heteroatoms. The highest BCUT2D eigenvalue weighted by Crippen LogP contribution is 2.17. The summed E-state index contributed by atoms with van der Waals surface area (Å²) in [7, 11) is 1.84. The highest BCUT2D eigenvalue weighted by atomic mass is 35.5. The van der Waals surface area contributed by atoms with Gasteiger partial charge in [0, 0.05) is 12.1 Å². The Morgan fingerprint density at radius 2 is 2.10 bits per heavy atom. The standard InChI is InChI=1S/C13H12ClN5O/c1-8(12-17-16-7-18(12)2)19-6-15-11-5-9(14)3-4-10(11)13(19)20/h3-8H,1-2H3/t8-/m0/s1. The minimum absolute atomic E-state index is 0.123. The van der Waals surface area contributed by atoms with Gasteiger partial charge in [-0.3, -0.25) is 9.36 Å². The zero-order valence-corrected chi connectivity index (χ0v) is 11.7. The third-order valence-corrected chi connectivity index (χ3v) is 3.52. The van der Waals surface area contributed by atoms with Gasteiger partial charge >= 0.3 is 0 Å². The average molecular weight is 290 g/mol. The van der Waals surface area contributed by atoms with E-state index in [0.717, 1.165) is 0 Å². The number of fused-ring (bicyclic) bond motifs is 1. The van der Waals surface area contributed by atoms with Crippen LogP contribution in [0.15, 0.2) is 35.6 Å². The highest BCUT2D eigenvalue weighted by Gasteiger charge is 2.16. The van der Waals surface area contributed by atoms with Gasteiger partial charge in [0.25, 0.3) is 5.56 Å². The van der Waals surface area contributed by atoms with E-state index in [1.165, 1.54) is 6.33 Å². The van der Waals surface area contributed by atoms with Gasteiger partial charge in [-0.25, -0.2) is 4.98 Å². The van der Waals surface area contributed by atoms with Crippen molar-refractivity contribution in [3.8, 4) is 0 Å². The van der Waals surface area contributed by atoms with Gasteiger partial charge in [0.15, 0.2) is 5.82 Å². The number of aryl methyl sites for hydroxylation is 1. The molecule has 0 radical (unpaired) electrons. The fourth-order valence-corrected chi connectivity index (χ4v) is 2.35. The zero-order chi connectivity index (χ0) is 14.3. The molecule has 6 nitrogen and oxygen atoms in total. The van der Waals surface area contributed by atoms with Crippen molar-refractivity contribution in [3.63, 3.8) is 0 Å². The Kier molecular flexibility index (Phi) is 3.02. The van der Waals surface area contributed by atoms with Crippen LogP contribution < -0.4 is 5.56 Å². The van der Waals surface area contributed by atoms with Gasteiger partial charge < -0.3 is 4.57 Å². The minimum atomic E-state index is -0.248. The second-order valence-electron chi connectivity index (χ2n) is 4.59. The number of halogens is 1. The quantitative estimate of drug-likeness (QED) is 0.721. The Morgan fingerprint density at radius 1 is 1.30 bits per heavy atom. The summed E-state index contributed by atoms with van der Waals surface area (Å²) in [4.78, 5) is 16.8. The number of aromatic nitrogens is 5. The van der Waals surface area contributed by atoms with Gasteiger partial charge in [-0.1, -0.05) is 11.6 Å². The second kappa shape index (κ2) is 4.72. The molecule has 0 aliphatic carbocycles. The third kappa shape index (κ3) is 1.98. The summed E-state index contributed by atoms with van der Waals surface area (Å²) >= 11 is 5.90. The van der Waals surface area contributed by atoms with E-state index in [0.29, 0.717) is 21.7 Å². The molecular formula is C13H12ClN5O. The third-order valence-electron chi connectivity index (χ3n) is 3.28. The Balaban J connectivity index is 2.18. The summed E-state index contributed by atoms with van der Waals surface area (Å²) in [6, 6.07) is 4.80. The van der Waals surface area contributed by atoms with Gasteiger partial charge in [0.2, 0.25) is 0 Å². The summed E-state index contributed by atoms with van der Waals surface area (Å²) in [5, 5.41) is 8.96. The summed E-state index contributed by atoms with van der Waals surface area (Å²) in [6.45, 7) is 1.88. The minimum Gasteiger partial charge on any atom is -0.319 e. The van der Waals surface area contributed by atoms with Gasteiger partial charge in [-0.05, 0) is 25.1 Å². The van der Waals surface area contributed by atoms with Crippen molar-refractivity contribution in [3.05, 3.63) is 52.1 Å². The SMILES string of the molecule is C[C@@H](c1nncn1C)n1cnc2cc(Cl)ccc2c1=O. The molecule has 0 amide bonds. The number of benzene rings is 1. The molecule has 20 heavy (non-hydrogen) atoms. The Labute approximate surface area is 119 Å². The molecule has 102 valence electrons. The van der Waals surface area contributed by atoms with Crippen LogP contribution in [0.4, 0.5) is 0 Å². The lowest BCUT2D eigenvalue weighted by atomic mass is 10.2. The molecule has 0 fully saturated rings. The molecule has 3 rings (SSSR count). The van der Waals surface area contributed by atoms with E-state index in [4.69, 9.17) is 11.6 Å². The fraction of sp³-hybridized carbons (Fsp3) is 0.231. The molecule has 1 atom stereocenters. The van der Waals surface area contributed by atoms with Crippen molar-refractivity contribution in [1.82, 2.24) is 24.3 Å². The van der Waals surface area contributed by atoms with Crippen LogP contribution in [0.1, 0.15) is 18.8 Å². The molecule has 0 aliphatic heterocycles. The molecule has 2 aromatic heterocycles. The second-order valence-corrected chi connectivity index (χ2v) is 5.03. The molecule has 0 bridgehead atoms. The monoisotopic (exact) mass is 289 g/mol. The lowest BCUT2D eigenvalue weighted by Gasteiger charge is -2.14. The molecule has 2 heterocycles. The highest BCUT2D eigenvalue weighted by molar-refractivity contribution is 6.31. The molecule has 0 unspecified atom stereocenters. The average Bonchev–Trinajstić information content (AvgIpc) is 2.84. The maximum Gasteiger partial charge on any atom is 0.261 e. The lowest BCUT2D eigenvalue weighted by Crippen LogP contribution is -2.26. The molecule has 1 aromatic carbocycles. The number of hydrogen-bond acceptors (Lipinski definition) is 4. The van der Waals surface area contributed by atoms with Crippen LogP contribution in [-0.4, -0.2) is 24.3 Å². The lowest BCUT2D eigenvalue weighted by molar-refractivity contribution is 0.553. The van der Waals surface area contributed by atoms with Crippen molar-refractivity contribution in [2.24, 2.45) is 7.05 Å². The maximum atomic E-state index is 12.5. The fourth-order valence-electron chi connectivity index (χ4n) is 2.18. The topological polar surface area (TPSA) is 65.6 Å². The Bertz CT molecular complexity index is 838. The smallest absolute Gasteiger partial charge is 0.261 e. The molecule has 0 spiro atoms. The van der Waals surface area contributed by atoms with Crippen molar-refractivity contribution in [2.45, 2.75) is 13.0 Å². The van der Waals surface area contributed by atoms with Crippen LogP contribution in [0.3, 0.4) is 0 Å². The van der Waals surface area contributed by atoms with Crippen LogP contribution in [0.5, 0.6) is 0 Å². The van der Waals surface area contributed by atoms with E-state index >= 15 is 0 Å². The van der Waals surface area contributed by atoms with Crippen LogP contribution in [0, 0.1) is 0 Å². The van der Waals surface area contributed by atoms with E-state index in [2.05, 4.69) is 15.2 Å². The molecule has 0 N–H and O–H groups in total. The first-order valence-corrected chi connectivity index (χ1v) is 6.46. The summed E-state index contributed by atoms with van der Waals surface area (Å²) in [6.07, 6.45) is 3.12. The number of rotatable bonds is 2. The number of nitrogens with zero attached hydrogens (tertiary/aromatic N) is 5. The maximum absolute atomic E-state index is 12.5. The van der Waals surface area contributed by atoms with Gasteiger partial charge in [-0.15, -0.1) is 10.2 Å². The van der Waals surface area contributed by atoms with Gasteiger partial charge in [0.05, 0.1) is 23.3 Å². The first-order valence-electron chi connectivity index (χ1n) is 6.08. The van der Waals surface area contributed by atoms with Crippen molar-refractivity contribution in [1.29, 1.82) is 0 Å². The van der Waals surface area contributed by atoms with Crippen LogP contribution in [-0.2, 0) is 7.05 Å². The first-order chi connectivity index (χ1) is 9.58. The zero-order valence-electron chi connectivity index (χ0n) is 11.0. The molecular weight excluding hydrogens is 278 g/mol. The Hall–Kier alpha value is -2.21. The van der Waals surface area contributed by atoms with E-state index in [1.807, 2.05) is 14.0 Å². The molecule has 0 saturated carbocycles. The summed E-state index contributed by atoms with van der Waals surface area (Å²) in [5.74, 6) is 0.696. The van der Waals surface area contributed by atoms with Crippen LogP contribution in [0.25, 0.3) is 10.9 Å². The molecule has 0 saturated heterocycles. The van der Waals surface area contributed by atoms with Crippen LogP contribution in [0.2, 0.25) is 5.02 Å².